The lowest BCUT2D eigenvalue weighted by atomic mass is 10.1. The summed E-state index contributed by atoms with van der Waals surface area (Å²) >= 11 is 1.52. The Morgan fingerprint density at radius 3 is 3.12 bits per heavy atom. The van der Waals surface area contributed by atoms with Crippen LogP contribution in [0.2, 0.25) is 0 Å². The van der Waals surface area contributed by atoms with Gasteiger partial charge in [0.25, 0.3) is 0 Å². The fraction of sp³-hybridized carbons (Fsp3) is 0.727. The number of hydrogen-bond donors (Lipinski definition) is 1. The maximum atomic E-state index is 5.64. The van der Waals surface area contributed by atoms with Gasteiger partial charge in [-0.15, -0.1) is 11.3 Å². The van der Waals surface area contributed by atoms with Crippen LogP contribution >= 0.6 is 11.3 Å². The molecule has 1 aliphatic rings. The Kier molecular flexibility index (Phi) is 3.78. The average Bonchev–Trinajstić information content (AvgIpc) is 2.64. The number of thiazole rings is 1. The first-order valence-corrected chi connectivity index (χ1v) is 6.62. The number of nitrogens with zero attached hydrogens (tertiary/aromatic N) is 3. The third-order valence-corrected chi connectivity index (χ3v) is 3.93. The van der Waals surface area contributed by atoms with E-state index in [1.54, 1.807) is 0 Å². The molecule has 1 aliphatic heterocycles. The Morgan fingerprint density at radius 1 is 1.69 bits per heavy atom. The predicted molar refractivity (Wildman–Crippen MR) is 68.5 cm³/mol. The summed E-state index contributed by atoms with van der Waals surface area (Å²) in [4.78, 5) is 9.10. The van der Waals surface area contributed by atoms with E-state index in [1.807, 2.05) is 0 Å². The first kappa shape index (κ1) is 11.8. The lowest BCUT2D eigenvalue weighted by Crippen LogP contribution is -2.44. The lowest BCUT2D eigenvalue weighted by molar-refractivity contribution is 0.128. The molecule has 2 rings (SSSR count). The summed E-state index contributed by atoms with van der Waals surface area (Å²) < 4.78 is 0. The van der Waals surface area contributed by atoms with Crippen molar-refractivity contribution in [3.8, 4) is 0 Å². The van der Waals surface area contributed by atoms with Crippen molar-refractivity contribution >= 4 is 16.5 Å². The van der Waals surface area contributed by atoms with Gasteiger partial charge in [-0.05, 0) is 33.5 Å². The summed E-state index contributed by atoms with van der Waals surface area (Å²) in [6, 6.07) is 0.654. The van der Waals surface area contributed by atoms with Crippen LogP contribution in [0, 0.1) is 0 Å². The number of rotatable bonds is 3. The SMILES string of the molecule is CN1CCCC(N(C)Cc2csc(N)n2)C1. The minimum atomic E-state index is 0.654. The van der Waals surface area contributed by atoms with Crippen LogP contribution in [0.1, 0.15) is 18.5 Å². The Labute approximate surface area is 101 Å². The molecule has 0 aromatic carbocycles. The second kappa shape index (κ2) is 5.12. The number of likely N-dealkylation sites (N-methyl/N-ethyl adjacent to an activating group) is 2. The molecular weight excluding hydrogens is 220 g/mol. The van der Waals surface area contributed by atoms with Crippen molar-refractivity contribution in [2.75, 3.05) is 32.9 Å². The maximum Gasteiger partial charge on any atom is 0.180 e. The molecule has 16 heavy (non-hydrogen) atoms. The molecule has 1 aromatic rings. The molecule has 0 spiro atoms. The molecule has 0 saturated carbocycles. The zero-order valence-corrected chi connectivity index (χ0v) is 10.8. The number of nitrogens with two attached hydrogens (primary N) is 1. The fourth-order valence-electron chi connectivity index (χ4n) is 2.28. The quantitative estimate of drug-likeness (QED) is 0.864. The highest BCUT2D eigenvalue weighted by Gasteiger charge is 2.21. The molecule has 5 heteroatoms. The van der Waals surface area contributed by atoms with Gasteiger partial charge < -0.3 is 10.6 Å². The van der Waals surface area contributed by atoms with E-state index in [2.05, 4.69) is 34.3 Å². The van der Waals surface area contributed by atoms with Gasteiger partial charge in [0.1, 0.15) is 0 Å². The average molecular weight is 240 g/mol. The predicted octanol–water partition coefficient (Wildman–Crippen LogP) is 1.25. The van der Waals surface area contributed by atoms with Crippen molar-refractivity contribution in [1.82, 2.24) is 14.8 Å². The number of nitrogen functional groups attached to an aromatic ring is 1. The van der Waals surface area contributed by atoms with E-state index in [4.69, 9.17) is 5.73 Å². The van der Waals surface area contributed by atoms with Gasteiger partial charge in [-0.25, -0.2) is 4.98 Å². The van der Waals surface area contributed by atoms with Gasteiger partial charge in [0.05, 0.1) is 5.69 Å². The summed E-state index contributed by atoms with van der Waals surface area (Å²) in [6.45, 7) is 3.30. The maximum absolute atomic E-state index is 5.64. The van der Waals surface area contributed by atoms with Crippen LogP contribution in [-0.2, 0) is 6.54 Å². The van der Waals surface area contributed by atoms with Crippen molar-refractivity contribution in [1.29, 1.82) is 0 Å². The van der Waals surface area contributed by atoms with Crippen molar-refractivity contribution < 1.29 is 0 Å². The van der Waals surface area contributed by atoms with E-state index < -0.39 is 0 Å². The molecule has 1 saturated heterocycles. The minimum absolute atomic E-state index is 0.654. The molecule has 0 amide bonds. The molecular formula is C11H20N4S. The van der Waals surface area contributed by atoms with E-state index in [0.717, 1.165) is 18.8 Å². The fourth-order valence-corrected chi connectivity index (χ4v) is 2.83. The Bertz CT molecular complexity index is 338. The molecule has 1 aromatic heterocycles. The largest absolute Gasteiger partial charge is 0.375 e. The second-order valence-electron chi connectivity index (χ2n) is 4.65. The number of likely N-dealkylation sites (tertiary alicyclic amines) is 1. The first-order chi connectivity index (χ1) is 7.65. The molecule has 0 aliphatic carbocycles. The zero-order valence-electron chi connectivity index (χ0n) is 10.0. The topological polar surface area (TPSA) is 45.4 Å². The van der Waals surface area contributed by atoms with Gasteiger partial charge in [0.15, 0.2) is 5.13 Å². The monoisotopic (exact) mass is 240 g/mol. The minimum Gasteiger partial charge on any atom is -0.375 e. The molecule has 1 fully saturated rings. The third kappa shape index (κ3) is 2.93. The molecule has 1 atom stereocenters. The number of anilines is 1. The highest BCUT2D eigenvalue weighted by molar-refractivity contribution is 7.13. The van der Waals surface area contributed by atoms with Crippen LogP contribution in [0.3, 0.4) is 0 Å². The van der Waals surface area contributed by atoms with Crippen molar-refractivity contribution in [2.45, 2.75) is 25.4 Å². The van der Waals surface area contributed by atoms with Gasteiger partial charge in [-0.2, -0.15) is 0 Å². The van der Waals surface area contributed by atoms with Crippen LogP contribution in [0.4, 0.5) is 5.13 Å². The van der Waals surface area contributed by atoms with E-state index in [-0.39, 0.29) is 0 Å². The molecule has 0 bridgehead atoms. The van der Waals surface area contributed by atoms with E-state index in [0.29, 0.717) is 11.2 Å². The van der Waals surface area contributed by atoms with Crippen molar-refractivity contribution in [2.24, 2.45) is 0 Å². The standard InChI is InChI=1S/C11H20N4S/c1-14-5-3-4-10(7-14)15(2)6-9-8-16-11(12)13-9/h8,10H,3-7H2,1-2H3,(H2,12,13). The van der Waals surface area contributed by atoms with Crippen molar-refractivity contribution in [3.05, 3.63) is 11.1 Å². The van der Waals surface area contributed by atoms with Gasteiger partial charge in [0.2, 0.25) is 0 Å². The molecule has 2 N–H and O–H groups in total. The third-order valence-electron chi connectivity index (χ3n) is 3.20. The van der Waals surface area contributed by atoms with Crippen LogP contribution < -0.4 is 5.73 Å². The zero-order chi connectivity index (χ0) is 11.5. The van der Waals surface area contributed by atoms with Crippen LogP contribution in [-0.4, -0.2) is 48.0 Å². The summed E-state index contributed by atoms with van der Waals surface area (Å²) in [5.41, 5.74) is 6.73. The van der Waals surface area contributed by atoms with Gasteiger partial charge in [-0.1, -0.05) is 0 Å². The van der Waals surface area contributed by atoms with Crippen LogP contribution in [0.5, 0.6) is 0 Å². The summed E-state index contributed by atoms with van der Waals surface area (Å²) in [6.07, 6.45) is 2.59. The van der Waals surface area contributed by atoms with E-state index in [9.17, 15) is 0 Å². The second-order valence-corrected chi connectivity index (χ2v) is 5.54. The number of aromatic nitrogens is 1. The van der Waals surface area contributed by atoms with Gasteiger partial charge >= 0.3 is 0 Å². The highest BCUT2D eigenvalue weighted by atomic mass is 32.1. The van der Waals surface area contributed by atoms with E-state index >= 15 is 0 Å². The number of hydrogen-bond acceptors (Lipinski definition) is 5. The summed E-state index contributed by atoms with van der Waals surface area (Å²) in [5.74, 6) is 0. The van der Waals surface area contributed by atoms with Crippen molar-refractivity contribution in [3.63, 3.8) is 0 Å². The van der Waals surface area contributed by atoms with Gasteiger partial charge in [-0.3, -0.25) is 4.90 Å². The van der Waals surface area contributed by atoms with Crippen LogP contribution in [0.15, 0.2) is 5.38 Å². The molecule has 0 radical (unpaired) electrons. The lowest BCUT2D eigenvalue weighted by Gasteiger charge is -2.35. The Hall–Kier alpha value is -0.650. The smallest absolute Gasteiger partial charge is 0.180 e. The van der Waals surface area contributed by atoms with Gasteiger partial charge in [0, 0.05) is 24.5 Å². The molecule has 4 nitrogen and oxygen atoms in total. The van der Waals surface area contributed by atoms with E-state index in [1.165, 1.54) is 30.7 Å². The normalized spacial score (nSPS) is 22.8. The Balaban J connectivity index is 1.89. The summed E-state index contributed by atoms with van der Waals surface area (Å²) in [5, 5.41) is 2.72. The molecule has 90 valence electrons. The summed E-state index contributed by atoms with van der Waals surface area (Å²) in [7, 11) is 4.38. The first-order valence-electron chi connectivity index (χ1n) is 5.74. The number of piperidine rings is 1. The Morgan fingerprint density at radius 2 is 2.50 bits per heavy atom. The molecule has 2 heterocycles. The molecule has 1 unspecified atom stereocenters. The van der Waals surface area contributed by atoms with Crippen LogP contribution in [0.25, 0.3) is 0 Å². The highest BCUT2D eigenvalue weighted by Crippen LogP contribution is 2.17.